The molecule has 0 bridgehead atoms. The van der Waals surface area contributed by atoms with Crippen LogP contribution in [0.15, 0.2) is 24.5 Å². The number of aliphatic hydroxyl groups excluding tert-OH is 1. The summed E-state index contributed by atoms with van der Waals surface area (Å²) in [6, 6.07) is 3.26. The molecule has 0 fully saturated rings. The van der Waals surface area contributed by atoms with Crippen LogP contribution in [0, 0.1) is 0 Å². The molecule has 0 radical (unpaired) electrons. The van der Waals surface area contributed by atoms with Crippen LogP contribution in [0.4, 0.5) is 0 Å². The van der Waals surface area contributed by atoms with Gasteiger partial charge in [0.1, 0.15) is 0 Å². The predicted octanol–water partition coefficient (Wildman–Crippen LogP) is -0.252. The van der Waals surface area contributed by atoms with E-state index in [0.29, 0.717) is 6.61 Å². The summed E-state index contributed by atoms with van der Waals surface area (Å²) in [5.41, 5.74) is 0.842. The maximum absolute atomic E-state index is 11.6. The molecule has 1 aromatic rings. The fraction of sp³-hybridized carbons (Fsp3) is 0.455. The van der Waals surface area contributed by atoms with Gasteiger partial charge >= 0.3 is 0 Å². The van der Waals surface area contributed by atoms with E-state index in [1.807, 2.05) is 6.07 Å². The Hall–Kier alpha value is -1.46. The number of rotatable bonds is 6. The van der Waals surface area contributed by atoms with Crippen LogP contribution in [0.2, 0.25) is 0 Å². The molecule has 1 aromatic heterocycles. The fourth-order valence-electron chi connectivity index (χ4n) is 1.31. The van der Waals surface area contributed by atoms with Gasteiger partial charge in [0.2, 0.25) is 5.91 Å². The number of pyridine rings is 1. The van der Waals surface area contributed by atoms with Gasteiger partial charge in [-0.25, -0.2) is 0 Å². The number of carbonyl (C=O) groups is 1. The molecule has 5 heteroatoms. The van der Waals surface area contributed by atoms with Gasteiger partial charge in [-0.05, 0) is 11.6 Å². The minimum atomic E-state index is -0.353. The largest absolute Gasteiger partial charge is 0.394 e. The zero-order chi connectivity index (χ0) is 11.8. The van der Waals surface area contributed by atoms with Gasteiger partial charge in [0, 0.05) is 19.5 Å². The minimum absolute atomic E-state index is 0.132. The second-order valence-electron chi connectivity index (χ2n) is 3.44. The van der Waals surface area contributed by atoms with Crippen LogP contribution in [0.25, 0.3) is 0 Å². The second kappa shape index (κ2) is 6.92. The summed E-state index contributed by atoms with van der Waals surface area (Å²) in [7, 11) is 1.52. The predicted molar refractivity (Wildman–Crippen MR) is 58.8 cm³/mol. The van der Waals surface area contributed by atoms with Gasteiger partial charge in [0.05, 0.1) is 25.7 Å². The lowest BCUT2D eigenvalue weighted by Crippen LogP contribution is -2.41. The summed E-state index contributed by atoms with van der Waals surface area (Å²) >= 11 is 0. The number of carbonyl (C=O) groups excluding carboxylic acids is 1. The van der Waals surface area contributed by atoms with E-state index >= 15 is 0 Å². The molecule has 0 saturated carbocycles. The van der Waals surface area contributed by atoms with Gasteiger partial charge in [0.25, 0.3) is 0 Å². The van der Waals surface area contributed by atoms with Crippen LogP contribution in [0.5, 0.6) is 0 Å². The zero-order valence-corrected chi connectivity index (χ0v) is 9.22. The summed E-state index contributed by atoms with van der Waals surface area (Å²) in [5, 5.41) is 11.6. The molecular weight excluding hydrogens is 208 g/mol. The summed E-state index contributed by atoms with van der Waals surface area (Å²) in [6.07, 6.45) is 3.56. The Balaban J connectivity index is 2.41. The lowest BCUT2D eigenvalue weighted by atomic mass is 10.2. The summed E-state index contributed by atoms with van der Waals surface area (Å²) in [4.78, 5) is 15.5. The van der Waals surface area contributed by atoms with Crippen molar-refractivity contribution in [2.45, 2.75) is 12.5 Å². The van der Waals surface area contributed by atoms with Crippen molar-refractivity contribution in [2.24, 2.45) is 0 Å². The molecule has 1 amide bonds. The topological polar surface area (TPSA) is 71.5 Å². The molecule has 5 nitrogen and oxygen atoms in total. The van der Waals surface area contributed by atoms with E-state index in [-0.39, 0.29) is 25.0 Å². The molecule has 0 spiro atoms. The van der Waals surface area contributed by atoms with Crippen molar-refractivity contribution in [1.82, 2.24) is 10.3 Å². The highest BCUT2D eigenvalue weighted by atomic mass is 16.5. The first-order valence-electron chi connectivity index (χ1n) is 5.04. The van der Waals surface area contributed by atoms with Gasteiger partial charge in [0.15, 0.2) is 0 Å². The molecule has 0 aliphatic heterocycles. The quantitative estimate of drug-likeness (QED) is 0.699. The third kappa shape index (κ3) is 4.37. The first-order valence-corrected chi connectivity index (χ1v) is 5.04. The molecule has 0 aliphatic rings. The first kappa shape index (κ1) is 12.6. The average molecular weight is 224 g/mol. The first-order chi connectivity index (χ1) is 7.76. The Morgan fingerprint density at radius 2 is 2.50 bits per heavy atom. The van der Waals surface area contributed by atoms with Crippen molar-refractivity contribution in [1.29, 1.82) is 0 Å². The van der Waals surface area contributed by atoms with Gasteiger partial charge in [-0.2, -0.15) is 0 Å². The van der Waals surface area contributed by atoms with Crippen LogP contribution >= 0.6 is 0 Å². The number of aliphatic hydroxyl groups is 1. The molecule has 2 N–H and O–H groups in total. The fourth-order valence-corrected chi connectivity index (χ4v) is 1.31. The van der Waals surface area contributed by atoms with Crippen LogP contribution in [0.3, 0.4) is 0 Å². The Labute approximate surface area is 94.5 Å². The number of nitrogens with zero attached hydrogens (tertiary/aromatic N) is 1. The van der Waals surface area contributed by atoms with Crippen molar-refractivity contribution < 1.29 is 14.6 Å². The van der Waals surface area contributed by atoms with E-state index in [4.69, 9.17) is 9.84 Å². The number of aromatic nitrogens is 1. The Morgan fingerprint density at radius 3 is 3.06 bits per heavy atom. The van der Waals surface area contributed by atoms with E-state index in [2.05, 4.69) is 10.3 Å². The Bertz CT molecular complexity index is 316. The van der Waals surface area contributed by atoms with Crippen LogP contribution < -0.4 is 5.32 Å². The normalized spacial score (nSPS) is 12.1. The van der Waals surface area contributed by atoms with E-state index in [0.717, 1.165) is 5.56 Å². The number of amides is 1. The Morgan fingerprint density at radius 1 is 1.69 bits per heavy atom. The third-order valence-electron chi connectivity index (χ3n) is 2.04. The van der Waals surface area contributed by atoms with E-state index in [1.165, 1.54) is 7.11 Å². The van der Waals surface area contributed by atoms with Crippen molar-refractivity contribution in [3.8, 4) is 0 Å². The molecule has 0 saturated heterocycles. The molecule has 1 heterocycles. The molecule has 1 unspecified atom stereocenters. The van der Waals surface area contributed by atoms with Gasteiger partial charge in [-0.3, -0.25) is 9.78 Å². The van der Waals surface area contributed by atoms with Crippen molar-refractivity contribution >= 4 is 5.91 Å². The van der Waals surface area contributed by atoms with Crippen molar-refractivity contribution in [2.75, 3.05) is 20.3 Å². The van der Waals surface area contributed by atoms with E-state index < -0.39 is 0 Å². The zero-order valence-electron chi connectivity index (χ0n) is 9.22. The standard InChI is InChI=1S/C11H16N2O3/c1-16-8-10(7-14)13-11(15)5-9-3-2-4-12-6-9/h2-4,6,10,14H,5,7-8H2,1H3,(H,13,15). The number of methoxy groups -OCH3 is 1. The third-order valence-corrected chi connectivity index (χ3v) is 2.04. The summed E-state index contributed by atoms with van der Waals surface area (Å²) < 4.78 is 4.86. The van der Waals surface area contributed by atoms with Crippen LogP contribution in [0.1, 0.15) is 5.56 Å². The minimum Gasteiger partial charge on any atom is -0.394 e. The molecule has 88 valence electrons. The maximum atomic E-state index is 11.6. The number of nitrogens with one attached hydrogen (secondary N) is 1. The smallest absolute Gasteiger partial charge is 0.224 e. The van der Waals surface area contributed by atoms with E-state index in [9.17, 15) is 4.79 Å². The van der Waals surface area contributed by atoms with Gasteiger partial charge in [-0.15, -0.1) is 0 Å². The maximum Gasteiger partial charge on any atom is 0.224 e. The van der Waals surface area contributed by atoms with Crippen LogP contribution in [-0.2, 0) is 16.0 Å². The van der Waals surface area contributed by atoms with Gasteiger partial charge < -0.3 is 15.2 Å². The highest BCUT2D eigenvalue weighted by Gasteiger charge is 2.11. The highest BCUT2D eigenvalue weighted by Crippen LogP contribution is 1.97. The molecule has 1 atom stereocenters. The lowest BCUT2D eigenvalue weighted by Gasteiger charge is -2.14. The average Bonchev–Trinajstić information content (AvgIpc) is 2.29. The summed E-state index contributed by atoms with van der Waals surface area (Å²) in [6.45, 7) is 0.169. The number of ether oxygens (including phenoxy) is 1. The van der Waals surface area contributed by atoms with E-state index in [1.54, 1.807) is 18.5 Å². The van der Waals surface area contributed by atoms with Crippen molar-refractivity contribution in [3.05, 3.63) is 30.1 Å². The lowest BCUT2D eigenvalue weighted by molar-refractivity contribution is -0.121. The van der Waals surface area contributed by atoms with Crippen LogP contribution in [-0.4, -0.2) is 42.4 Å². The van der Waals surface area contributed by atoms with Gasteiger partial charge in [-0.1, -0.05) is 6.07 Å². The summed E-state index contributed by atoms with van der Waals surface area (Å²) in [5.74, 6) is -0.149. The SMILES string of the molecule is COCC(CO)NC(=O)Cc1cccnc1. The Kier molecular flexibility index (Phi) is 5.45. The highest BCUT2D eigenvalue weighted by molar-refractivity contribution is 5.78. The monoisotopic (exact) mass is 224 g/mol. The number of hydrogen-bond acceptors (Lipinski definition) is 4. The molecule has 1 rings (SSSR count). The van der Waals surface area contributed by atoms with Crippen molar-refractivity contribution in [3.63, 3.8) is 0 Å². The molecular formula is C11H16N2O3. The molecule has 0 aliphatic carbocycles. The number of hydrogen-bond donors (Lipinski definition) is 2. The second-order valence-corrected chi connectivity index (χ2v) is 3.44. The molecule has 16 heavy (non-hydrogen) atoms. The molecule has 0 aromatic carbocycles.